The van der Waals surface area contributed by atoms with Crippen molar-refractivity contribution in [3.63, 3.8) is 0 Å². The molecule has 0 amide bonds. The summed E-state index contributed by atoms with van der Waals surface area (Å²) in [4.78, 5) is 10.0. The molecule has 0 saturated carbocycles. The summed E-state index contributed by atoms with van der Waals surface area (Å²) in [5.41, 5.74) is 9.46. The van der Waals surface area contributed by atoms with Crippen LogP contribution in [0.5, 0.6) is 0 Å². The van der Waals surface area contributed by atoms with Gasteiger partial charge in [0.25, 0.3) is 0 Å². The second-order valence-electron chi connectivity index (χ2n) is 10.3. The molecule has 1 spiro atoms. The average molecular weight is 542 g/mol. The summed E-state index contributed by atoms with van der Waals surface area (Å²) < 4.78 is 0. The van der Waals surface area contributed by atoms with Crippen molar-refractivity contribution >= 4 is 23.3 Å². The Morgan fingerprint density at radius 2 is 1.17 bits per heavy atom. The van der Waals surface area contributed by atoms with Crippen molar-refractivity contribution in [3.8, 4) is 28.3 Å². The maximum absolute atomic E-state index is 9.22. The summed E-state index contributed by atoms with van der Waals surface area (Å²) in [6.45, 7) is 0. The Balaban J connectivity index is 1.44. The van der Waals surface area contributed by atoms with E-state index in [2.05, 4.69) is 120 Å². The van der Waals surface area contributed by atoms with Crippen LogP contribution < -0.4 is 4.90 Å². The predicted octanol–water partition coefficient (Wildman–Crippen LogP) is 9.20. The van der Waals surface area contributed by atoms with Crippen LogP contribution in [0.1, 0.15) is 22.3 Å². The maximum atomic E-state index is 9.22. The molecule has 5 aromatic carbocycles. The monoisotopic (exact) mass is 541 g/mol. The lowest BCUT2D eigenvalue weighted by Crippen LogP contribution is -2.44. The second kappa shape index (κ2) is 9.23. The van der Waals surface area contributed by atoms with Crippen LogP contribution in [0.4, 0.5) is 11.5 Å². The fraction of sp³-hybridized carbons (Fsp3) is 0.0270. The van der Waals surface area contributed by atoms with Crippen molar-refractivity contribution in [2.75, 3.05) is 4.90 Å². The fourth-order valence-electron chi connectivity index (χ4n) is 6.47. The standard InChI is InChI=1S/C37H23N3S/c38-23-25-17-19-26(20-18-25)27-21-22-36(39-24-27)40-33-14-6-8-16-35(33)41-34-15-7-5-13-32(34)37(40)30-11-3-1-9-28(30)29-10-2-4-12-31(29)37/h1-22,24H. The molecule has 2 aliphatic rings. The molecule has 1 aromatic heterocycles. The Morgan fingerprint density at radius 1 is 0.585 bits per heavy atom. The van der Waals surface area contributed by atoms with Gasteiger partial charge in [-0.15, -0.1) is 0 Å². The lowest BCUT2D eigenvalue weighted by atomic mass is 9.78. The van der Waals surface area contributed by atoms with Crippen LogP contribution in [-0.2, 0) is 5.54 Å². The molecular formula is C37H23N3S. The number of nitriles is 1. The molecule has 0 fully saturated rings. The third kappa shape index (κ3) is 3.43. The molecule has 0 radical (unpaired) electrons. The van der Waals surface area contributed by atoms with E-state index in [1.165, 1.54) is 37.6 Å². The van der Waals surface area contributed by atoms with Gasteiger partial charge in [0.15, 0.2) is 0 Å². The van der Waals surface area contributed by atoms with Crippen LogP contribution in [0.15, 0.2) is 149 Å². The lowest BCUT2D eigenvalue weighted by Gasteiger charge is -2.44. The van der Waals surface area contributed by atoms with E-state index < -0.39 is 5.54 Å². The number of nitrogens with zero attached hydrogens (tertiary/aromatic N) is 3. The van der Waals surface area contributed by atoms with Gasteiger partial charge in [0, 0.05) is 27.1 Å². The average Bonchev–Trinajstić information content (AvgIpc) is 3.25. The Morgan fingerprint density at radius 3 is 1.83 bits per heavy atom. The maximum Gasteiger partial charge on any atom is 0.134 e. The fourth-order valence-corrected chi connectivity index (χ4v) is 7.59. The minimum Gasteiger partial charge on any atom is -0.307 e. The smallest absolute Gasteiger partial charge is 0.134 e. The molecule has 0 N–H and O–H groups in total. The zero-order chi connectivity index (χ0) is 27.4. The molecule has 1 aliphatic carbocycles. The quantitative estimate of drug-likeness (QED) is 0.219. The molecule has 2 heterocycles. The van der Waals surface area contributed by atoms with Gasteiger partial charge in [-0.05, 0) is 70.3 Å². The first-order valence-corrected chi connectivity index (χ1v) is 14.4. The summed E-state index contributed by atoms with van der Waals surface area (Å²) in [7, 11) is 0. The molecule has 0 bridgehead atoms. The second-order valence-corrected chi connectivity index (χ2v) is 11.4. The molecule has 0 unspecified atom stereocenters. The molecule has 3 nitrogen and oxygen atoms in total. The van der Waals surface area contributed by atoms with E-state index >= 15 is 0 Å². The SMILES string of the molecule is N#Cc1ccc(-c2ccc(N3c4ccccc4Sc4ccccc4C34c3ccccc3-c3ccccc34)nc2)cc1. The molecule has 0 saturated heterocycles. The van der Waals surface area contributed by atoms with Crippen molar-refractivity contribution in [1.82, 2.24) is 4.98 Å². The number of pyridine rings is 1. The number of hydrogen-bond acceptors (Lipinski definition) is 4. The van der Waals surface area contributed by atoms with Gasteiger partial charge < -0.3 is 4.90 Å². The number of hydrogen-bond donors (Lipinski definition) is 0. The van der Waals surface area contributed by atoms with E-state index in [1.54, 1.807) is 0 Å². The van der Waals surface area contributed by atoms with Gasteiger partial charge in [-0.2, -0.15) is 5.26 Å². The first kappa shape index (κ1) is 23.7. The number of rotatable bonds is 2. The van der Waals surface area contributed by atoms with E-state index in [0.29, 0.717) is 5.56 Å². The molecule has 0 atom stereocenters. The Hall–Kier alpha value is -5.11. The van der Waals surface area contributed by atoms with Crippen molar-refractivity contribution < 1.29 is 0 Å². The molecule has 41 heavy (non-hydrogen) atoms. The van der Waals surface area contributed by atoms with Crippen LogP contribution in [0.3, 0.4) is 0 Å². The van der Waals surface area contributed by atoms with Gasteiger partial charge in [-0.3, -0.25) is 0 Å². The first-order valence-electron chi connectivity index (χ1n) is 13.6. The van der Waals surface area contributed by atoms with Gasteiger partial charge >= 0.3 is 0 Å². The topological polar surface area (TPSA) is 39.9 Å². The molecule has 6 aromatic rings. The first-order chi connectivity index (χ1) is 20.3. The Labute approximate surface area is 243 Å². The molecule has 192 valence electrons. The van der Waals surface area contributed by atoms with E-state index in [-0.39, 0.29) is 0 Å². The van der Waals surface area contributed by atoms with Crippen molar-refractivity contribution in [1.29, 1.82) is 5.26 Å². The van der Waals surface area contributed by atoms with Crippen LogP contribution in [-0.4, -0.2) is 4.98 Å². The van der Waals surface area contributed by atoms with Gasteiger partial charge in [-0.1, -0.05) is 103 Å². The van der Waals surface area contributed by atoms with Crippen molar-refractivity contribution in [2.24, 2.45) is 0 Å². The highest BCUT2D eigenvalue weighted by atomic mass is 32.2. The highest BCUT2D eigenvalue weighted by Gasteiger charge is 2.52. The van der Waals surface area contributed by atoms with Crippen LogP contribution in [0.2, 0.25) is 0 Å². The van der Waals surface area contributed by atoms with E-state index in [4.69, 9.17) is 4.98 Å². The summed E-state index contributed by atoms with van der Waals surface area (Å²) >= 11 is 1.82. The summed E-state index contributed by atoms with van der Waals surface area (Å²) in [5.74, 6) is 0.874. The zero-order valence-corrected chi connectivity index (χ0v) is 22.8. The van der Waals surface area contributed by atoms with E-state index in [1.807, 2.05) is 42.2 Å². The predicted molar refractivity (Wildman–Crippen MR) is 165 cm³/mol. The third-order valence-electron chi connectivity index (χ3n) is 8.19. The Kier molecular flexibility index (Phi) is 5.35. The van der Waals surface area contributed by atoms with E-state index in [0.717, 1.165) is 22.6 Å². The van der Waals surface area contributed by atoms with Gasteiger partial charge in [0.2, 0.25) is 0 Å². The van der Waals surface area contributed by atoms with Crippen molar-refractivity contribution in [3.05, 3.63) is 162 Å². The highest BCUT2D eigenvalue weighted by molar-refractivity contribution is 7.99. The van der Waals surface area contributed by atoms with Crippen LogP contribution >= 0.6 is 11.8 Å². The Bertz CT molecular complexity index is 1940. The number of anilines is 2. The number of benzene rings is 5. The molecule has 8 rings (SSSR count). The molecular weight excluding hydrogens is 518 g/mol. The summed E-state index contributed by atoms with van der Waals surface area (Å²) in [6.07, 6.45) is 1.95. The number of fused-ring (bicyclic) bond motifs is 8. The van der Waals surface area contributed by atoms with Gasteiger partial charge in [0.05, 0.1) is 17.3 Å². The lowest BCUT2D eigenvalue weighted by molar-refractivity contribution is 0.625. The zero-order valence-electron chi connectivity index (χ0n) is 22.0. The van der Waals surface area contributed by atoms with Crippen LogP contribution in [0.25, 0.3) is 22.3 Å². The van der Waals surface area contributed by atoms with E-state index in [9.17, 15) is 5.26 Å². The largest absolute Gasteiger partial charge is 0.307 e. The highest BCUT2D eigenvalue weighted by Crippen LogP contribution is 2.61. The van der Waals surface area contributed by atoms with Gasteiger partial charge in [-0.25, -0.2) is 4.98 Å². The normalized spacial score (nSPS) is 13.9. The minimum atomic E-state index is -0.619. The third-order valence-corrected chi connectivity index (χ3v) is 9.33. The van der Waals surface area contributed by atoms with Crippen LogP contribution in [0, 0.1) is 11.3 Å². The van der Waals surface area contributed by atoms with Gasteiger partial charge in [0.1, 0.15) is 11.4 Å². The molecule has 1 aliphatic heterocycles. The summed E-state index contributed by atoms with van der Waals surface area (Å²) in [6, 6.07) is 49.2. The van der Waals surface area contributed by atoms with Crippen molar-refractivity contribution in [2.45, 2.75) is 15.3 Å². The minimum absolute atomic E-state index is 0.619. The number of aromatic nitrogens is 1. The molecule has 4 heteroatoms. The number of para-hydroxylation sites is 1. The summed E-state index contributed by atoms with van der Waals surface area (Å²) in [5, 5.41) is 9.22.